The van der Waals surface area contributed by atoms with Crippen molar-refractivity contribution in [1.82, 2.24) is 4.90 Å². The van der Waals surface area contributed by atoms with Crippen LogP contribution in [0.3, 0.4) is 0 Å². The molecule has 1 aromatic carbocycles. The molecule has 102 valence electrons. The summed E-state index contributed by atoms with van der Waals surface area (Å²) in [6, 6.07) is 2.07. The molecule has 0 aliphatic heterocycles. The molecule has 0 heterocycles. The molecule has 8 heteroatoms. The van der Waals surface area contributed by atoms with Crippen molar-refractivity contribution >= 4 is 17.5 Å². The van der Waals surface area contributed by atoms with E-state index in [1.165, 1.54) is 13.2 Å². The van der Waals surface area contributed by atoms with E-state index in [0.717, 1.165) is 12.1 Å². The topological polar surface area (TPSA) is 98.8 Å². The number of ether oxygens (including phenoxy) is 1. The Hall–Kier alpha value is -2.64. The highest BCUT2D eigenvalue weighted by Crippen LogP contribution is 2.34. The molecule has 0 atom stereocenters. The fraction of sp³-hybridized carbons (Fsp3) is 0.273. The number of nitro groups is 2. The lowest BCUT2D eigenvalue weighted by Gasteiger charge is -2.07. The van der Waals surface area contributed by atoms with Gasteiger partial charge in [-0.2, -0.15) is 0 Å². The molecule has 0 aromatic heterocycles. The van der Waals surface area contributed by atoms with Crippen LogP contribution >= 0.6 is 0 Å². The molecule has 0 unspecified atom stereocenters. The highest BCUT2D eigenvalue weighted by molar-refractivity contribution is 5.70. The fourth-order valence-corrected chi connectivity index (χ4v) is 1.41. The number of nitro benzene ring substituents is 2. The molecule has 0 bridgehead atoms. The van der Waals surface area contributed by atoms with Crippen molar-refractivity contribution in [3.8, 4) is 5.75 Å². The van der Waals surface area contributed by atoms with Crippen molar-refractivity contribution in [2.24, 2.45) is 0 Å². The van der Waals surface area contributed by atoms with Gasteiger partial charge < -0.3 is 9.64 Å². The highest BCUT2D eigenvalue weighted by Gasteiger charge is 2.23. The number of rotatable bonds is 5. The minimum atomic E-state index is -0.699. The summed E-state index contributed by atoms with van der Waals surface area (Å²) in [6.45, 7) is 0. The number of benzene rings is 1. The third-order valence-corrected chi connectivity index (χ3v) is 2.27. The van der Waals surface area contributed by atoms with Crippen LogP contribution in [0.2, 0.25) is 0 Å². The minimum Gasteiger partial charge on any atom is -0.496 e. The molecule has 0 aliphatic rings. The Morgan fingerprint density at radius 2 is 1.84 bits per heavy atom. The molecule has 0 radical (unpaired) electrons. The van der Waals surface area contributed by atoms with Crippen LogP contribution < -0.4 is 4.74 Å². The number of hydrogen-bond acceptors (Lipinski definition) is 6. The van der Waals surface area contributed by atoms with Gasteiger partial charge in [-0.3, -0.25) is 20.2 Å². The van der Waals surface area contributed by atoms with Gasteiger partial charge in [-0.15, -0.1) is 0 Å². The van der Waals surface area contributed by atoms with Gasteiger partial charge in [-0.1, -0.05) is 0 Å². The van der Waals surface area contributed by atoms with Gasteiger partial charge in [0.05, 0.1) is 34.7 Å². The van der Waals surface area contributed by atoms with Gasteiger partial charge in [0.15, 0.2) is 0 Å². The molecule has 0 aliphatic carbocycles. The average molecular weight is 267 g/mol. The molecule has 0 fully saturated rings. The summed E-state index contributed by atoms with van der Waals surface area (Å²) in [7, 11) is 4.80. The molecule has 0 spiro atoms. The zero-order chi connectivity index (χ0) is 14.6. The van der Waals surface area contributed by atoms with E-state index < -0.39 is 9.85 Å². The van der Waals surface area contributed by atoms with Crippen LogP contribution in [0.25, 0.3) is 6.08 Å². The molecule has 0 N–H and O–H groups in total. The third-order valence-electron chi connectivity index (χ3n) is 2.27. The number of hydrogen-bond donors (Lipinski definition) is 0. The van der Waals surface area contributed by atoms with E-state index in [1.54, 1.807) is 25.2 Å². The van der Waals surface area contributed by atoms with Crippen LogP contribution in [0, 0.1) is 20.2 Å². The lowest BCUT2D eigenvalue weighted by Crippen LogP contribution is -2.02. The number of non-ortho nitro benzene ring substituents is 1. The lowest BCUT2D eigenvalue weighted by atomic mass is 10.1. The minimum absolute atomic E-state index is 0.0824. The normalized spacial score (nSPS) is 10.5. The highest BCUT2D eigenvalue weighted by atomic mass is 16.6. The fourth-order valence-electron chi connectivity index (χ4n) is 1.41. The van der Waals surface area contributed by atoms with Crippen LogP contribution in [0.1, 0.15) is 5.56 Å². The third kappa shape index (κ3) is 3.41. The zero-order valence-corrected chi connectivity index (χ0v) is 10.7. The van der Waals surface area contributed by atoms with Crippen molar-refractivity contribution in [2.45, 2.75) is 0 Å². The van der Waals surface area contributed by atoms with Crippen molar-refractivity contribution in [3.05, 3.63) is 44.1 Å². The van der Waals surface area contributed by atoms with Crippen molar-refractivity contribution in [2.75, 3.05) is 21.2 Å². The smallest absolute Gasteiger partial charge is 0.287 e. The molecular formula is C11H13N3O5. The van der Waals surface area contributed by atoms with Crippen molar-refractivity contribution in [3.63, 3.8) is 0 Å². The van der Waals surface area contributed by atoms with E-state index >= 15 is 0 Å². The van der Waals surface area contributed by atoms with Gasteiger partial charge in [0.1, 0.15) is 5.75 Å². The second-order valence-electron chi connectivity index (χ2n) is 3.87. The molecule has 1 aromatic rings. The molecule has 8 nitrogen and oxygen atoms in total. The zero-order valence-electron chi connectivity index (χ0n) is 10.7. The summed E-state index contributed by atoms with van der Waals surface area (Å²) in [5, 5.41) is 21.7. The van der Waals surface area contributed by atoms with Gasteiger partial charge >= 0.3 is 0 Å². The van der Waals surface area contributed by atoms with E-state index in [-0.39, 0.29) is 22.7 Å². The van der Waals surface area contributed by atoms with Crippen molar-refractivity contribution in [1.29, 1.82) is 0 Å². The Bertz CT molecular complexity index is 539. The number of nitrogens with zero attached hydrogens (tertiary/aromatic N) is 3. The van der Waals surface area contributed by atoms with Crippen LogP contribution in [-0.4, -0.2) is 36.0 Å². The maximum atomic E-state index is 11.0. The Labute approximate surface area is 109 Å². The summed E-state index contributed by atoms with van der Waals surface area (Å²) in [6.07, 6.45) is 3.07. The van der Waals surface area contributed by atoms with Crippen LogP contribution in [0.5, 0.6) is 5.75 Å². The van der Waals surface area contributed by atoms with Gasteiger partial charge in [0.25, 0.3) is 11.4 Å². The van der Waals surface area contributed by atoms with Gasteiger partial charge in [0, 0.05) is 14.1 Å². The Balaban J connectivity index is 3.49. The average Bonchev–Trinajstić information content (AvgIpc) is 2.34. The quantitative estimate of drug-likeness (QED) is 0.598. The first-order valence-electron chi connectivity index (χ1n) is 5.22. The van der Waals surface area contributed by atoms with Crippen LogP contribution in [0.4, 0.5) is 11.4 Å². The molecule has 19 heavy (non-hydrogen) atoms. The van der Waals surface area contributed by atoms with E-state index in [1.807, 2.05) is 0 Å². The summed E-state index contributed by atoms with van der Waals surface area (Å²) in [4.78, 5) is 22.0. The SMILES string of the molecule is COc1cc([N+](=O)[O-])cc([N+](=O)[O-])c1/C=C/N(C)C. The molecule has 0 amide bonds. The molecule has 0 saturated carbocycles. The second-order valence-corrected chi connectivity index (χ2v) is 3.87. The van der Waals surface area contributed by atoms with E-state index in [0.29, 0.717) is 0 Å². The monoisotopic (exact) mass is 267 g/mol. The maximum absolute atomic E-state index is 11.0. The second kappa shape index (κ2) is 5.80. The van der Waals surface area contributed by atoms with Gasteiger partial charge in [0.2, 0.25) is 0 Å². The van der Waals surface area contributed by atoms with E-state index in [4.69, 9.17) is 4.74 Å². The standard InChI is InChI=1S/C11H13N3O5/c1-12(2)5-4-9-10(14(17)18)6-8(13(15)16)7-11(9)19-3/h4-7H,1-3H3/b5-4+. The van der Waals surface area contributed by atoms with Gasteiger partial charge in [-0.25, -0.2) is 0 Å². The first-order valence-corrected chi connectivity index (χ1v) is 5.22. The predicted octanol–water partition coefficient (Wildman–Crippen LogP) is 2.04. The first-order chi connectivity index (χ1) is 8.86. The van der Waals surface area contributed by atoms with Crippen LogP contribution in [0.15, 0.2) is 18.3 Å². The van der Waals surface area contributed by atoms with E-state index in [9.17, 15) is 20.2 Å². The van der Waals surface area contributed by atoms with Crippen molar-refractivity contribution < 1.29 is 14.6 Å². The number of methoxy groups -OCH3 is 1. The molecule has 0 saturated heterocycles. The molecular weight excluding hydrogens is 254 g/mol. The summed E-state index contributed by atoms with van der Waals surface area (Å²) in [5.41, 5.74) is -0.568. The van der Waals surface area contributed by atoms with Crippen LogP contribution in [-0.2, 0) is 0 Å². The molecule has 1 rings (SSSR count). The summed E-state index contributed by atoms with van der Waals surface area (Å²) < 4.78 is 4.98. The summed E-state index contributed by atoms with van der Waals surface area (Å²) >= 11 is 0. The first kappa shape index (κ1) is 14.4. The maximum Gasteiger partial charge on any atom is 0.287 e. The Morgan fingerprint density at radius 3 is 2.26 bits per heavy atom. The Kier molecular flexibility index (Phi) is 4.41. The van der Waals surface area contributed by atoms with E-state index in [2.05, 4.69) is 0 Å². The predicted molar refractivity (Wildman–Crippen MR) is 69.0 cm³/mol. The summed E-state index contributed by atoms with van der Waals surface area (Å²) in [5.74, 6) is 0.0824. The van der Waals surface area contributed by atoms with Gasteiger partial charge in [-0.05, 0) is 12.3 Å². The Morgan fingerprint density at radius 1 is 1.21 bits per heavy atom. The largest absolute Gasteiger partial charge is 0.496 e. The lowest BCUT2D eigenvalue weighted by molar-refractivity contribution is -0.394.